The monoisotopic (exact) mass is 236 g/mol. The van der Waals surface area contributed by atoms with Gasteiger partial charge in [-0.3, -0.25) is 4.79 Å². The van der Waals surface area contributed by atoms with E-state index in [0.717, 1.165) is 19.3 Å². The van der Waals surface area contributed by atoms with Gasteiger partial charge in [0.05, 0.1) is 12.2 Å². The summed E-state index contributed by atoms with van der Waals surface area (Å²) in [4.78, 5) is 12.1. The number of hydrogen-bond donors (Lipinski definition) is 0. The summed E-state index contributed by atoms with van der Waals surface area (Å²) in [6, 6.07) is 0. The molecule has 0 spiro atoms. The van der Waals surface area contributed by atoms with Crippen LogP contribution in [0, 0.1) is 11.8 Å². The van der Waals surface area contributed by atoms with Crippen LogP contribution in [-0.4, -0.2) is 23.8 Å². The lowest BCUT2D eigenvalue weighted by molar-refractivity contribution is -0.154. The summed E-state index contributed by atoms with van der Waals surface area (Å²) in [5, 5.41) is 0. The molecule has 4 atom stereocenters. The Morgan fingerprint density at radius 1 is 1.24 bits per heavy atom. The fraction of sp³-hybridized carbons (Fsp3) is 0.786. The van der Waals surface area contributed by atoms with E-state index in [2.05, 4.69) is 6.58 Å². The molecule has 3 aliphatic rings. The second kappa shape index (κ2) is 3.66. The first-order chi connectivity index (χ1) is 7.98. The van der Waals surface area contributed by atoms with E-state index in [1.54, 1.807) is 0 Å². The van der Waals surface area contributed by atoms with Crippen LogP contribution in [0.4, 0.5) is 0 Å². The predicted octanol–water partition coefficient (Wildman–Crippen LogP) is 2.45. The number of carbonyl (C=O) groups is 1. The fourth-order valence-corrected chi connectivity index (χ4v) is 3.65. The van der Waals surface area contributed by atoms with E-state index in [0.29, 0.717) is 12.2 Å². The summed E-state index contributed by atoms with van der Waals surface area (Å²) in [7, 11) is 0. The molecule has 17 heavy (non-hydrogen) atoms. The Morgan fingerprint density at radius 3 is 2.76 bits per heavy atom. The molecule has 94 valence electrons. The molecule has 0 radical (unpaired) electrons. The first kappa shape index (κ1) is 11.4. The van der Waals surface area contributed by atoms with Gasteiger partial charge in [-0.1, -0.05) is 12.2 Å². The van der Waals surface area contributed by atoms with Crippen molar-refractivity contribution >= 4 is 5.78 Å². The van der Waals surface area contributed by atoms with Crippen LogP contribution in [0.25, 0.3) is 0 Å². The second-order valence-corrected chi connectivity index (χ2v) is 5.97. The fourth-order valence-electron chi connectivity index (χ4n) is 3.65. The van der Waals surface area contributed by atoms with Crippen LogP contribution < -0.4 is 0 Å². The summed E-state index contributed by atoms with van der Waals surface area (Å²) in [6.07, 6.45) is 3.46. The molecule has 0 aromatic rings. The Bertz CT molecular complexity index is 372. The summed E-state index contributed by atoms with van der Waals surface area (Å²) >= 11 is 0. The van der Waals surface area contributed by atoms with Crippen LogP contribution in [0.2, 0.25) is 0 Å². The SMILES string of the molecule is C=C1CC[C@H]2C(=O)CC[C@H]3OC(C)(C)O[C@H]3[C@H]12. The molecule has 0 aromatic carbocycles. The molecule has 2 aliphatic carbocycles. The van der Waals surface area contributed by atoms with Gasteiger partial charge >= 0.3 is 0 Å². The quantitative estimate of drug-likeness (QED) is 0.606. The molecule has 3 fully saturated rings. The van der Waals surface area contributed by atoms with E-state index in [-0.39, 0.29) is 24.0 Å². The molecule has 0 N–H and O–H groups in total. The van der Waals surface area contributed by atoms with Gasteiger partial charge in [-0.25, -0.2) is 0 Å². The lowest BCUT2D eigenvalue weighted by Crippen LogP contribution is -2.33. The highest BCUT2D eigenvalue weighted by Gasteiger charge is 2.52. The first-order valence-electron chi connectivity index (χ1n) is 6.54. The molecule has 0 bridgehead atoms. The van der Waals surface area contributed by atoms with E-state index < -0.39 is 5.79 Å². The van der Waals surface area contributed by atoms with Crippen molar-refractivity contribution in [3.63, 3.8) is 0 Å². The van der Waals surface area contributed by atoms with Gasteiger partial charge in [-0.15, -0.1) is 0 Å². The van der Waals surface area contributed by atoms with Crippen molar-refractivity contribution in [3.8, 4) is 0 Å². The van der Waals surface area contributed by atoms with E-state index >= 15 is 0 Å². The minimum absolute atomic E-state index is 0.0384. The molecular formula is C14H20O3. The van der Waals surface area contributed by atoms with Crippen LogP contribution in [0.3, 0.4) is 0 Å². The van der Waals surface area contributed by atoms with Gasteiger partial charge in [0.15, 0.2) is 5.79 Å². The van der Waals surface area contributed by atoms with Crippen molar-refractivity contribution in [2.75, 3.05) is 0 Å². The second-order valence-electron chi connectivity index (χ2n) is 5.97. The molecule has 0 aromatic heterocycles. The van der Waals surface area contributed by atoms with Gasteiger partial charge in [-0.05, 0) is 33.1 Å². The third-order valence-corrected chi connectivity index (χ3v) is 4.35. The molecule has 0 unspecified atom stereocenters. The van der Waals surface area contributed by atoms with Crippen LogP contribution in [0.5, 0.6) is 0 Å². The number of ether oxygens (including phenoxy) is 2. The molecular weight excluding hydrogens is 216 g/mol. The lowest BCUT2D eigenvalue weighted by atomic mass is 9.86. The maximum absolute atomic E-state index is 12.1. The summed E-state index contributed by atoms with van der Waals surface area (Å²) < 4.78 is 12.0. The van der Waals surface area contributed by atoms with Crippen LogP contribution in [0.1, 0.15) is 39.5 Å². The van der Waals surface area contributed by atoms with Gasteiger partial charge in [0.1, 0.15) is 5.78 Å². The molecule has 3 nitrogen and oxygen atoms in total. The summed E-state index contributed by atoms with van der Waals surface area (Å²) in [6.45, 7) is 8.04. The van der Waals surface area contributed by atoms with Crippen molar-refractivity contribution in [1.82, 2.24) is 0 Å². The number of Topliss-reactive ketones (excluding diaryl/α,β-unsaturated/α-hetero) is 1. The zero-order valence-electron chi connectivity index (χ0n) is 10.6. The van der Waals surface area contributed by atoms with E-state index in [4.69, 9.17) is 9.47 Å². The molecule has 3 heteroatoms. The number of fused-ring (bicyclic) bond motifs is 3. The topological polar surface area (TPSA) is 35.5 Å². The lowest BCUT2D eigenvalue weighted by Gasteiger charge is -2.25. The number of carbonyl (C=O) groups excluding carboxylic acids is 1. The molecule has 1 saturated heterocycles. The maximum atomic E-state index is 12.1. The van der Waals surface area contributed by atoms with Crippen molar-refractivity contribution in [2.24, 2.45) is 11.8 Å². The van der Waals surface area contributed by atoms with Gasteiger partial charge in [0.2, 0.25) is 0 Å². The molecule has 2 saturated carbocycles. The zero-order chi connectivity index (χ0) is 12.2. The highest BCUT2D eigenvalue weighted by Crippen LogP contribution is 2.48. The zero-order valence-corrected chi connectivity index (χ0v) is 10.6. The highest BCUT2D eigenvalue weighted by molar-refractivity contribution is 5.82. The average Bonchev–Trinajstić information content (AvgIpc) is 2.71. The van der Waals surface area contributed by atoms with Gasteiger partial charge in [0.25, 0.3) is 0 Å². The molecule has 0 amide bonds. The van der Waals surface area contributed by atoms with Crippen molar-refractivity contribution in [1.29, 1.82) is 0 Å². The standard InChI is InChI=1S/C14H20O3/c1-8-4-5-9-10(15)6-7-11-13(12(8)9)17-14(2,3)16-11/h9,11-13H,1,4-7H2,2-3H3/t9-,11+,12+,13+/m0/s1. The average molecular weight is 236 g/mol. The Balaban J connectivity index is 1.93. The summed E-state index contributed by atoms with van der Waals surface area (Å²) in [5.74, 6) is 0.197. The van der Waals surface area contributed by atoms with E-state index in [1.807, 2.05) is 13.8 Å². The normalized spacial score (nSPS) is 44.4. The van der Waals surface area contributed by atoms with Crippen LogP contribution in [-0.2, 0) is 14.3 Å². The van der Waals surface area contributed by atoms with E-state index in [9.17, 15) is 4.79 Å². The largest absolute Gasteiger partial charge is 0.345 e. The third-order valence-electron chi connectivity index (χ3n) is 4.35. The molecule has 1 aliphatic heterocycles. The minimum Gasteiger partial charge on any atom is -0.345 e. The Kier molecular flexibility index (Phi) is 2.46. The number of ketones is 1. The Hall–Kier alpha value is -0.670. The van der Waals surface area contributed by atoms with Crippen molar-refractivity contribution in [2.45, 2.75) is 57.5 Å². The van der Waals surface area contributed by atoms with Crippen LogP contribution in [0.15, 0.2) is 12.2 Å². The number of hydrogen-bond acceptors (Lipinski definition) is 3. The first-order valence-corrected chi connectivity index (χ1v) is 6.54. The maximum Gasteiger partial charge on any atom is 0.163 e. The van der Waals surface area contributed by atoms with Crippen LogP contribution >= 0.6 is 0 Å². The van der Waals surface area contributed by atoms with Gasteiger partial charge in [-0.2, -0.15) is 0 Å². The van der Waals surface area contributed by atoms with Gasteiger partial charge < -0.3 is 9.47 Å². The Morgan fingerprint density at radius 2 is 2.00 bits per heavy atom. The predicted molar refractivity (Wildman–Crippen MR) is 63.4 cm³/mol. The van der Waals surface area contributed by atoms with Crippen molar-refractivity contribution < 1.29 is 14.3 Å². The van der Waals surface area contributed by atoms with E-state index in [1.165, 1.54) is 5.57 Å². The minimum atomic E-state index is -0.511. The smallest absolute Gasteiger partial charge is 0.163 e. The van der Waals surface area contributed by atoms with Crippen molar-refractivity contribution in [3.05, 3.63) is 12.2 Å². The highest BCUT2D eigenvalue weighted by atomic mass is 16.8. The molecule has 1 heterocycles. The Labute approximate surface area is 102 Å². The third kappa shape index (κ3) is 1.76. The number of rotatable bonds is 0. The molecule has 3 rings (SSSR count). The van der Waals surface area contributed by atoms with Gasteiger partial charge in [0, 0.05) is 18.3 Å². The summed E-state index contributed by atoms with van der Waals surface area (Å²) in [5.41, 5.74) is 1.18.